The maximum absolute atomic E-state index is 13.7. The van der Waals surface area contributed by atoms with Gasteiger partial charge in [-0.3, -0.25) is 14.4 Å². The van der Waals surface area contributed by atoms with Crippen LogP contribution in [0.2, 0.25) is 0 Å². The Morgan fingerprint density at radius 2 is 1.43 bits per heavy atom. The van der Waals surface area contributed by atoms with Crippen molar-refractivity contribution in [3.63, 3.8) is 0 Å². The van der Waals surface area contributed by atoms with Crippen molar-refractivity contribution in [1.82, 2.24) is 0 Å². The molecular weight excluding hydrogens is 680 g/mol. The standard InChI is InChI=1S/C46H64O8/c1-12-17-41(50)52-31-36(39(49)30-46-43(8,9)26-37(48)27-45(46,11)54-46)23-16-22-33(3)19-14-13-18-32(2)20-15-21-34(4)24-25-40-42(6,7)28-38(53-35(5)47)29-44(40,10)51/h13-16,18-24,37-38,48,51H,12,17,26-31H2,1-11H3/b14-13+,20-15+,22-16+,32-18+,33-19+,34-21+,36-23-/t25?,37-,38-,44+,45+,46-/m0/s1. The molecule has 0 amide bonds. The fourth-order valence-electron chi connectivity index (χ4n) is 8.27. The average Bonchev–Trinajstić information content (AvgIpc) is 3.63. The fraction of sp³-hybridized carbons (Fsp3) is 0.565. The van der Waals surface area contributed by atoms with Gasteiger partial charge in [0, 0.05) is 43.8 Å². The predicted octanol–water partition coefficient (Wildman–Crippen LogP) is 9.02. The van der Waals surface area contributed by atoms with Gasteiger partial charge in [-0.1, -0.05) is 107 Å². The molecule has 5 atom stereocenters. The number of aliphatic hydroxyl groups excluding tert-OH is 1. The molecule has 2 N–H and O–H groups in total. The van der Waals surface area contributed by atoms with Gasteiger partial charge in [0.05, 0.1) is 17.3 Å². The highest BCUT2D eigenvalue weighted by Crippen LogP contribution is 2.67. The molecule has 1 heterocycles. The molecule has 2 aliphatic carbocycles. The third-order valence-electron chi connectivity index (χ3n) is 10.8. The van der Waals surface area contributed by atoms with Crippen molar-refractivity contribution in [2.75, 3.05) is 6.61 Å². The van der Waals surface area contributed by atoms with Gasteiger partial charge in [0.1, 0.15) is 18.3 Å². The SMILES string of the molecule is CCCC(=O)OC/C(=C/C=C/C(C)=C/C=C/C=C(C)/C=C/C=C(\C)C=C=C1C(C)(C)C[C@H](OC(C)=O)C[C@@]1(C)O)C(=O)C[C@@]12O[C@]1(C)C[C@@H](O)CC2(C)C. The molecule has 0 radical (unpaired) electrons. The van der Waals surface area contributed by atoms with Gasteiger partial charge < -0.3 is 24.4 Å². The largest absolute Gasteiger partial charge is 0.462 e. The van der Waals surface area contributed by atoms with Crippen LogP contribution in [-0.4, -0.2) is 63.6 Å². The van der Waals surface area contributed by atoms with Crippen LogP contribution in [0, 0.1) is 10.8 Å². The minimum Gasteiger partial charge on any atom is -0.462 e. The van der Waals surface area contributed by atoms with E-state index in [1.807, 2.05) is 117 Å². The van der Waals surface area contributed by atoms with E-state index < -0.39 is 22.9 Å². The average molecular weight is 745 g/mol. The Morgan fingerprint density at radius 3 is 1.98 bits per heavy atom. The highest BCUT2D eigenvalue weighted by Gasteiger charge is 2.76. The molecule has 2 saturated carbocycles. The van der Waals surface area contributed by atoms with Crippen LogP contribution in [0.3, 0.4) is 0 Å². The van der Waals surface area contributed by atoms with Crippen LogP contribution in [0.15, 0.2) is 100 Å². The van der Waals surface area contributed by atoms with Gasteiger partial charge in [0.2, 0.25) is 0 Å². The molecule has 3 rings (SSSR count). The third-order valence-corrected chi connectivity index (χ3v) is 10.8. The van der Waals surface area contributed by atoms with E-state index in [1.54, 1.807) is 19.1 Å². The summed E-state index contributed by atoms with van der Waals surface area (Å²) >= 11 is 0. The summed E-state index contributed by atoms with van der Waals surface area (Å²) < 4.78 is 17.1. The van der Waals surface area contributed by atoms with Crippen molar-refractivity contribution in [1.29, 1.82) is 0 Å². The maximum atomic E-state index is 13.7. The molecule has 0 spiro atoms. The lowest BCUT2D eigenvalue weighted by Crippen LogP contribution is -2.48. The number of ether oxygens (including phenoxy) is 3. The number of ketones is 1. The van der Waals surface area contributed by atoms with Crippen molar-refractivity contribution in [3.05, 3.63) is 100 Å². The van der Waals surface area contributed by atoms with E-state index in [0.29, 0.717) is 44.1 Å². The molecule has 1 aliphatic heterocycles. The van der Waals surface area contributed by atoms with E-state index in [1.165, 1.54) is 6.92 Å². The highest BCUT2D eigenvalue weighted by atomic mass is 16.6. The molecule has 296 valence electrons. The molecule has 1 saturated heterocycles. The molecule has 54 heavy (non-hydrogen) atoms. The van der Waals surface area contributed by atoms with Crippen LogP contribution in [0.4, 0.5) is 0 Å². The minimum absolute atomic E-state index is 0.0967. The number of carbonyl (C=O) groups is 3. The zero-order valence-corrected chi connectivity index (χ0v) is 34.5. The first-order valence-corrected chi connectivity index (χ1v) is 19.2. The second kappa shape index (κ2) is 18.2. The van der Waals surface area contributed by atoms with Crippen LogP contribution in [0.5, 0.6) is 0 Å². The fourth-order valence-corrected chi connectivity index (χ4v) is 8.27. The topological polar surface area (TPSA) is 123 Å². The van der Waals surface area contributed by atoms with E-state index in [-0.39, 0.29) is 47.7 Å². The lowest BCUT2D eigenvalue weighted by Gasteiger charge is -2.44. The number of Topliss-reactive ketones (excluding diaryl/α,β-unsaturated/α-hetero) is 1. The first-order valence-electron chi connectivity index (χ1n) is 19.2. The molecule has 0 unspecified atom stereocenters. The zero-order chi connectivity index (χ0) is 40.5. The third kappa shape index (κ3) is 11.8. The summed E-state index contributed by atoms with van der Waals surface area (Å²) in [6.45, 7) is 21.1. The van der Waals surface area contributed by atoms with Gasteiger partial charge >= 0.3 is 11.9 Å². The lowest BCUT2D eigenvalue weighted by atomic mass is 9.61. The quantitative estimate of drug-likeness (QED) is 0.0560. The number of hydrogen-bond donors (Lipinski definition) is 2. The lowest BCUT2D eigenvalue weighted by molar-refractivity contribution is -0.152. The Bertz CT molecular complexity index is 1680. The summed E-state index contributed by atoms with van der Waals surface area (Å²) in [5.41, 5.74) is 4.46. The van der Waals surface area contributed by atoms with E-state index in [4.69, 9.17) is 14.2 Å². The van der Waals surface area contributed by atoms with Crippen LogP contribution in [0.25, 0.3) is 0 Å². The van der Waals surface area contributed by atoms with Crippen molar-refractivity contribution < 1.29 is 38.8 Å². The Morgan fingerprint density at radius 1 is 0.833 bits per heavy atom. The van der Waals surface area contributed by atoms with Crippen LogP contribution >= 0.6 is 0 Å². The molecule has 3 aliphatic rings. The number of fused-ring (bicyclic) bond motifs is 1. The van der Waals surface area contributed by atoms with Crippen molar-refractivity contribution in [2.24, 2.45) is 10.8 Å². The number of aliphatic hydroxyl groups is 2. The van der Waals surface area contributed by atoms with Gasteiger partial charge in [-0.15, -0.1) is 5.73 Å². The second-order valence-corrected chi connectivity index (χ2v) is 17.1. The Hall–Kier alpha value is -3.81. The van der Waals surface area contributed by atoms with Gasteiger partial charge in [-0.25, -0.2) is 0 Å². The molecule has 8 nitrogen and oxygen atoms in total. The second-order valence-electron chi connectivity index (χ2n) is 17.1. The predicted molar refractivity (Wildman–Crippen MR) is 214 cm³/mol. The number of esters is 2. The summed E-state index contributed by atoms with van der Waals surface area (Å²) in [4.78, 5) is 37.3. The molecule has 0 aromatic carbocycles. The van der Waals surface area contributed by atoms with Crippen molar-refractivity contribution in [3.8, 4) is 0 Å². The molecule has 3 fully saturated rings. The Balaban J connectivity index is 1.64. The summed E-state index contributed by atoms with van der Waals surface area (Å²) in [5, 5.41) is 21.6. The van der Waals surface area contributed by atoms with Gasteiger partial charge in [-0.2, -0.15) is 0 Å². The zero-order valence-electron chi connectivity index (χ0n) is 34.5. The molecule has 0 aromatic rings. The minimum atomic E-state index is -1.13. The first kappa shape index (κ1) is 44.6. The summed E-state index contributed by atoms with van der Waals surface area (Å²) in [7, 11) is 0. The molecule has 0 aromatic heterocycles. The number of carbonyl (C=O) groups excluding carboxylic acids is 3. The van der Waals surface area contributed by atoms with E-state index in [0.717, 1.165) is 22.3 Å². The van der Waals surface area contributed by atoms with Crippen molar-refractivity contribution in [2.45, 2.75) is 150 Å². The number of epoxide rings is 1. The van der Waals surface area contributed by atoms with E-state index in [2.05, 4.69) is 5.73 Å². The van der Waals surface area contributed by atoms with Gasteiger partial charge in [-0.05, 0) is 76.4 Å². The van der Waals surface area contributed by atoms with Gasteiger partial charge in [0.25, 0.3) is 0 Å². The molecule has 0 bridgehead atoms. The first-order chi connectivity index (χ1) is 25.1. The number of allylic oxidation sites excluding steroid dienone is 13. The number of rotatable bonds is 15. The van der Waals surface area contributed by atoms with Crippen LogP contribution < -0.4 is 0 Å². The van der Waals surface area contributed by atoms with Crippen LogP contribution in [0.1, 0.15) is 121 Å². The van der Waals surface area contributed by atoms with E-state index in [9.17, 15) is 24.6 Å². The van der Waals surface area contributed by atoms with Gasteiger partial charge in [0.15, 0.2) is 5.78 Å². The number of hydrogen-bond acceptors (Lipinski definition) is 8. The Kier molecular flexibility index (Phi) is 15.0. The molecular formula is C46H64O8. The van der Waals surface area contributed by atoms with E-state index >= 15 is 0 Å². The molecule has 8 heteroatoms. The highest BCUT2D eigenvalue weighted by molar-refractivity contribution is 5.97. The monoisotopic (exact) mass is 744 g/mol. The summed E-state index contributed by atoms with van der Waals surface area (Å²) in [6, 6.07) is 0. The van der Waals surface area contributed by atoms with Crippen molar-refractivity contribution >= 4 is 17.7 Å². The normalized spacial score (nSPS) is 30.0. The summed E-state index contributed by atoms with van der Waals surface area (Å²) in [6.07, 6.45) is 23.5. The van der Waals surface area contributed by atoms with Crippen LogP contribution in [-0.2, 0) is 28.6 Å². The smallest absolute Gasteiger partial charge is 0.306 e. The summed E-state index contributed by atoms with van der Waals surface area (Å²) in [5.74, 6) is -0.793. The maximum Gasteiger partial charge on any atom is 0.306 e. The Labute approximate surface area is 323 Å².